The van der Waals surface area contributed by atoms with Gasteiger partial charge in [0.1, 0.15) is 11.4 Å². The van der Waals surface area contributed by atoms with Gasteiger partial charge in [0, 0.05) is 22.8 Å². The molecule has 1 aromatic carbocycles. The SMILES string of the molecule is C/C=C(\C)C(=O)[C@@H](C)c1cc(O)c2c(c1O)O[C@]1(C)CC[C@H]3O[C@@H](C(C)(C)O)CC[C@]3(C)[C@H]1[C@@H]2O. The van der Waals surface area contributed by atoms with Crippen molar-refractivity contribution in [1.29, 1.82) is 0 Å². The van der Waals surface area contributed by atoms with E-state index in [1.165, 1.54) is 6.07 Å². The maximum absolute atomic E-state index is 12.8. The number of aliphatic hydroxyl groups excluding tert-OH is 1. The van der Waals surface area contributed by atoms with Crippen LogP contribution in [-0.2, 0) is 9.53 Å². The minimum atomic E-state index is -1.10. The predicted octanol–water partition coefficient (Wildman–Crippen LogP) is 4.66. The molecular formula is C28H40O7. The molecule has 0 bridgehead atoms. The summed E-state index contributed by atoms with van der Waals surface area (Å²) in [7, 11) is 0. The molecule has 4 N–H and O–H groups in total. The Bertz CT molecular complexity index is 1050. The van der Waals surface area contributed by atoms with Crippen LogP contribution in [0.3, 0.4) is 0 Å². The Hall–Kier alpha value is -2.09. The number of hydrogen-bond acceptors (Lipinski definition) is 7. The Morgan fingerprint density at radius 1 is 1.23 bits per heavy atom. The lowest BCUT2D eigenvalue weighted by Gasteiger charge is -2.61. The standard InChI is InChI=1S/C28H40O7/c1-8-14(2)21(30)15(3)16-13-17(29)20-23(32)25-27(6)11-9-18(26(4,5)33)34-19(27)10-12-28(25,7)35-24(20)22(16)31/h8,13,15,18-19,23,25,29,31-33H,9-12H2,1-7H3/b14-8+/t15-,18+,19+,23+,25+,27-,28+/m0/s1. The number of aromatic hydroxyl groups is 2. The molecule has 2 heterocycles. The molecule has 35 heavy (non-hydrogen) atoms. The van der Waals surface area contributed by atoms with Gasteiger partial charge in [0.05, 0.1) is 29.5 Å². The fourth-order valence-electron chi connectivity index (χ4n) is 6.79. The smallest absolute Gasteiger partial charge is 0.171 e. The molecule has 7 heteroatoms. The zero-order valence-electron chi connectivity index (χ0n) is 21.9. The number of Topliss-reactive ketones (excluding diaryl/α,β-unsaturated/α-hetero) is 1. The molecule has 0 unspecified atom stereocenters. The van der Waals surface area contributed by atoms with E-state index in [1.54, 1.807) is 40.7 Å². The van der Waals surface area contributed by atoms with Gasteiger partial charge in [-0.1, -0.05) is 19.9 Å². The van der Waals surface area contributed by atoms with E-state index >= 15 is 0 Å². The van der Waals surface area contributed by atoms with E-state index in [0.29, 0.717) is 24.8 Å². The Morgan fingerprint density at radius 3 is 2.49 bits per heavy atom. The van der Waals surface area contributed by atoms with Gasteiger partial charge in [-0.2, -0.15) is 0 Å². The zero-order valence-corrected chi connectivity index (χ0v) is 21.9. The summed E-state index contributed by atoms with van der Waals surface area (Å²) < 4.78 is 12.9. The molecule has 1 aliphatic carbocycles. The summed E-state index contributed by atoms with van der Waals surface area (Å²) in [4.78, 5) is 12.8. The quantitative estimate of drug-likeness (QED) is 0.360. The molecule has 0 spiro atoms. The van der Waals surface area contributed by atoms with Gasteiger partial charge in [-0.25, -0.2) is 0 Å². The fourth-order valence-corrected chi connectivity index (χ4v) is 6.79. The molecule has 4 rings (SSSR count). The number of aliphatic hydroxyl groups is 2. The number of benzene rings is 1. The number of phenolic OH excluding ortho intramolecular Hbond substituents is 2. The first kappa shape index (κ1) is 26.0. The monoisotopic (exact) mass is 488 g/mol. The summed E-state index contributed by atoms with van der Waals surface area (Å²) in [6.45, 7) is 12.7. The van der Waals surface area contributed by atoms with Crippen molar-refractivity contribution in [2.45, 2.75) is 110 Å². The first-order valence-electron chi connectivity index (χ1n) is 12.7. The van der Waals surface area contributed by atoms with Crippen LogP contribution < -0.4 is 4.74 Å². The van der Waals surface area contributed by atoms with Crippen molar-refractivity contribution in [3.05, 3.63) is 28.8 Å². The van der Waals surface area contributed by atoms with Crippen LogP contribution in [0.4, 0.5) is 0 Å². The van der Waals surface area contributed by atoms with Crippen LogP contribution in [0.25, 0.3) is 0 Å². The molecule has 194 valence electrons. The van der Waals surface area contributed by atoms with Crippen LogP contribution in [0.2, 0.25) is 0 Å². The van der Waals surface area contributed by atoms with E-state index in [-0.39, 0.29) is 46.4 Å². The lowest BCUT2D eigenvalue weighted by molar-refractivity contribution is -0.256. The van der Waals surface area contributed by atoms with Crippen molar-refractivity contribution < 1.29 is 34.7 Å². The van der Waals surface area contributed by atoms with Gasteiger partial charge in [-0.3, -0.25) is 4.79 Å². The fraction of sp³-hybridized carbons (Fsp3) is 0.679. The highest BCUT2D eigenvalue weighted by Gasteiger charge is 2.63. The lowest BCUT2D eigenvalue weighted by atomic mass is 9.53. The van der Waals surface area contributed by atoms with Crippen molar-refractivity contribution in [1.82, 2.24) is 0 Å². The Balaban J connectivity index is 1.76. The number of carbonyl (C=O) groups is 1. The zero-order chi connectivity index (χ0) is 26.1. The van der Waals surface area contributed by atoms with Crippen LogP contribution >= 0.6 is 0 Å². The number of hydrogen-bond donors (Lipinski definition) is 4. The average Bonchev–Trinajstić information content (AvgIpc) is 2.77. The van der Waals surface area contributed by atoms with E-state index in [9.17, 15) is 25.2 Å². The normalized spacial score (nSPS) is 35.9. The molecule has 0 aromatic heterocycles. The minimum Gasteiger partial charge on any atom is -0.507 e. The largest absolute Gasteiger partial charge is 0.507 e. The van der Waals surface area contributed by atoms with Crippen molar-refractivity contribution in [2.75, 3.05) is 0 Å². The van der Waals surface area contributed by atoms with E-state index in [0.717, 1.165) is 6.42 Å². The summed E-state index contributed by atoms with van der Waals surface area (Å²) in [5, 5.41) is 44.4. The van der Waals surface area contributed by atoms with Crippen LogP contribution in [0.15, 0.2) is 17.7 Å². The highest BCUT2D eigenvalue weighted by Crippen LogP contribution is 2.64. The molecule has 1 saturated carbocycles. The maximum atomic E-state index is 12.8. The second-order valence-corrected chi connectivity index (χ2v) is 11.8. The predicted molar refractivity (Wildman–Crippen MR) is 132 cm³/mol. The molecule has 1 saturated heterocycles. The van der Waals surface area contributed by atoms with Crippen LogP contribution in [-0.4, -0.2) is 49.6 Å². The van der Waals surface area contributed by atoms with Gasteiger partial charge in [0.25, 0.3) is 0 Å². The van der Waals surface area contributed by atoms with Crippen molar-refractivity contribution in [3.8, 4) is 17.2 Å². The van der Waals surface area contributed by atoms with Crippen molar-refractivity contribution >= 4 is 5.78 Å². The van der Waals surface area contributed by atoms with E-state index in [1.807, 2.05) is 6.92 Å². The minimum absolute atomic E-state index is 0.0529. The second-order valence-electron chi connectivity index (χ2n) is 11.8. The summed E-state index contributed by atoms with van der Waals surface area (Å²) in [6.07, 6.45) is 2.77. The number of fused-ring (bicyclic) bond motifs is 4. The van der Waals surface area contributed by atoms with Crippen molar-refractivity contribution in [2.24, 2.45) is 11.3 Å². The van der Waals surface area contributed by atoms with Gasteiger partial charge in [-0.15, -0.1) is 0 Å². The molecule has 7 atom stereocenters. The Kier molecular flexibility index (Phi) is 6.31. The molecule has 2 fully saturated rings. The maximum Gasteiger partial charge on any atom is 0.171 e. The number of ether oxygens (including phenoxy) is 2. The summed E-state index contributed by atoms with van der Waals surface area (Å²) in [5.41, 5.74) is -1.24. The van der Waals surface area contributed by atoms with Gasteiger partial charge in [0.2, 0.25) is 0 Å². The molecule has 7 nitrogen and oxygen atoms in total. The van der Waals surface area contributed by atoms with E-state index in [4.69, 9.17) is 9.47 Å². The average molecular weight is 489 g/mol. The van der Waals surface area contributed by atoms with Gasteiger partial charge in [-0.05, 0) is 71.9 Å². The number of allylic oxidation sites excluding steroid dienone is 2. The summed E-state index contributed by atoms with van der Waals surface area (Å²) in [5.74, 6) is -1.60. The lowest BCUT2D eigenvalue weighted by Crippen LogP contribution is -2.64. The highest BCUT2D eigenvalue weighted by molar-refractivity contribution is 6.00. The Morgan fingerprint density at radius 2 is 1.89 bits per heavy atom. The number of rotatable bonds is 4. The third-order valence-electron chi connectivity index (χ3n) is 9.00. The third-order valence-corrected chi connectivity index (χ3v) is 9.00. The number of carbonyl (C=O) groups excluding carboxylic acids is 1. The first-order chi connectivity index (χ1) is 16.2. The highest BCUT2D eigenvalue weighted by atomic mass is 16.5. The first-order valence-corrected chi connectivity index (χ1v) is 12.7. The second kappa shape index (κ2) is 8.49. The Labute approximate surface area is 207 Å². The topological polar surface area (TPSA) is 116 Å². The van der Waals surface area contributed by atoms with E-state index < -0.39 is 34.6 Å². The van der Waals surface area contributed by atoms with Gasteiger partial charge < -0.3 is 29.9 Å². The van der Waals surface area contributed by atoms with Gasteiger partial charge >= 0.3 is 0 Å². The van der Waals surface area contributed by atoms with E-state index in [2.05, 4.69) is 6.92 Å². The van der Waals surface area contributed by atoms with Crippen LogP contribution in [0.1, 0.15) is 97.3 Å². The third kappa shape index (κ3) is 3.96. The summed E-state index contributed by atoms with van der Waals surface area (Å²) >= 11 is 0. The van der Waals surface area contributed by atoms with Crippen LogP contribution in [0.5, 0.6) is 17.2 Å². The number of ketones is 1. The van der Waals surface area contributed by atoms with Gasteiger partial charge in [0.15, 0.2) is 17.3 Å². The number of phenols is 2. The molecule has 0 amide bonds. The molecule has 3 aliphatic rings. The molecule has 1 aromatic rings. The van der Waals surface area contributed by atoms with Crippen LogP contribution in [0, 0.1) is 11.3 Å². The molecular weight excluding hydrogens is 448 g/mol. The molecule has 2 aliphatic heterocycles. The van der Waals surface area contributed by atoms with Crippen molar-refractivity contribution in [3.63, 3.8) is 0 Å². The summed E-state index contributed by atoms with van der Waals surface area (Å²) in [6, 6.07) is 1.37. The molecule has 0 radical (unpaired) electrons.